The third kappa shape index (κ3) is 6.15. The standard InChI is InChI=1S/C21H20ClN3O3/c1-2-28-21(27)16-7-9-18(10-8-16)25-20(26)17(13-23)14-24-12-11-15-5-3-4-6-19(15)22/h3-10,14,24H,2,11-12H2,1H3,(H,25,26)/b17-14-. The first-order valence-electron chi connectivity index (χ1n) is 8.70. The summed E-state index contributed by atoms with van der Waals surface area (Å²) in [5.41, 5.74) is 1.77. The second-order valence-corrected chi connectivity index (χ2v) is 6.12. The molecule has 0 saturated heterocycles. The lowest BCUT2D eigenvalue weighted by atomic mass is 10.1. The van der Waals surface area contributed by atoms with Crippen LogP contribution in [0, 0.1) is 11.3 Å². The van der Waals surface area contributed by atoms with Gasteiger partial charge in [0.1, 0.15) is 11.6 Å². The van der Waals surface area contributed by atoms with Gasteiger partial charge in [-0.05, 0) is 49.2 Å². The van der Waals surface area contributed by atoms with Gasteiger partial charge in [0.25, 0.3) is 5.91 Å². The number of halogens is 1. The Morgan fingerprint density at radius 1 is 1.18 bits per heavy atom. The number of nitriles is 1. The highest BCUT2D eigenvalue weighted by Crippen LogP contribution is 2.15. The highest BCUT2D eigenvalue weighted by Gasteiger charge is 2.11. The van der Waals surface area contributed by atoms with Gasteiger partial charge >= 0.3 is 5.97 Å². The van der Waals surface area contributed by atoms with Gasteiger partial charge in [0.2, 0.25) is 0 Å². The molecule has 0 aliphatic rings. The number of amides is 1. The molecule has 0 fully saturated rings. The molecule has 0 aliphatic heterocycles. The lowest BCUT2D eigenvalue weighted by Gasteiger charge is -2.07. The highest BCUT2D eigenvalue weighted by atomic mass is 35.5. The molecule has 144 valence electrons. The molecule has 0 aliphatic carbocycles. The van der Waals surface area contributed by atoms with E-state index in [2.05, 4.69) is 10.6 Å². The van der Waals surface area contributed by atoms with E-state index in [-0.39, 0.29) is 12.2 Å². The SMILES string of the molecule is CCOC(=O)c1ccc(NC(=O)/C(C#N)=C\NCCc2ccccc2Cl)cc1. The molecule has 28 heavy (non-hydrogen) atoms. The number of carbonyl (C=O) groups excluding carboxylic acids is 2. The first kappa shape index (κ1) is 21.0. The summed E-state index contributed by atoms with van der Waals surface area (Å²) in [4.78, 5) is 23.9. The molecule has 0 spiro atoms. The van der Waals surface area contributed by atoms with Gasteiger partial charge in [-0.15, -0.1) is 0 Å². The first-order valence-corrected chi connectivity index (χ1v) is 9.08. The summed E-state index contributed by atoms with van der Waals surface area (Å²) in [5, 5.41) is 15.5. The van der Waals surface area contributed by atoms with E-state index in [4.69, 9.17) is 16.3 Å². The van der Waals surface area contributed by atoms with E-state index in [1.165, 1.54) is 6.20 Å². The number of nitrogens with zero attached hydrogens (tertiary/aromatic N) is 1. The van der Waals surface area contributed by atoms with Crippen molar-refractivity contribution in [3.05, 3.63) is 76.5 Å². The topological polar surface area (TPSA) is 91.2 Å². The average Bonchev–Trinajstić information content (AvgIpc) is 2.70. The van der Waals surface area contributed by atoms with Crippen LogP contribution in [0.15, 0.2) is 60.3 Å². The molecule has 0 aromatic heterocycles. The van der Waals surface area contributed by atoms with Crippen molar-refractivity contribution < 1.29 is 14.3 Å². The average molecular weight is 398 g/mol. The van der Waals surface area contributed by atoms with E-state index in [0.717, 1.165) is 5.56 Å². The summed E-state index contributed by atoms with van der Waals surface area (Å²) >= 11 is 6.09. The molecule has 2 aromatic carbocycles. The van der Waals surface area contributed by atoms with Crippen molar-refractivity contribution in [3.8, 4) is 6.07 Å². The zero-order valence-electron chi connectivity index (χ0n) is 15.4. The van der Waals surface area contributed by atoms with Crippen molar-refractivity contribution in [2.75, 3.05) is 18.5 Å². The minimum atomic E-state index is -0.545. The van der Waals surface area contributed by atoms with E-state index >= 15 is 0 Å². The molecule has 0 heterocycles. The molecule has 0 saturated carbocycles. The summed E-state index contributed by atoms with van der Waals surface area (Å²) in [6.45, 7) is 2.54. The number of benzene rings is 2. The molecular weight excluding hydrogens is 378 g/mol. The van der Waals surface area contributed by atoms with Gasteiger partial charge in [0.15, 0.2) is 0 Å². The predicted octanol–water partition coefficient (Wildman–Crippen LogP) is 3.69. The van der Waals surface area contributed by atoms with E-state index in [0.29, 0.717) is 29.2 Å². The maximum absolute atomic E-state index is 12.2. The summed E-state index contributed by atoms with van der Waals surface area (Å²) in [5.74, 6) is -0.975. The van der Waals surface area contributed by atoms with Crippen molar-refractivity contribution in [2.24, 2.45) is 0 Å². The summed E-state index contributed by atoms with van der Waals surface area (Å²) in [6, 6.07) is 15.6. The zero-order chi connectivity index (χ0) is 20.4. The van der Waals surface area contributed by atoms with Crippen LogP contribution in [-0.4, -0.2) is 25.0 Å². The second kappa shape index (κ2) is 10.8. The van der Waals surface area contributed by atoms with E-state index in [9.17, 15) is 14.9 Å². The number of hydrogen-bond donors (Lipinski definition) is 2. The Morgan fingerprint density at radius 3 is 2.54 bits per heavy atom. The molecule has 0 atom stereocenters. The van der Waals surface area contributed by atoms with Crippen LogP contribution < -0.4 is 10.6 Å². The van der Waals surface area contributed by atoms with Crippen molar-refractivity contribution >= 4 is 29.2 Å². The fourth-order valence-corrected chi connectivity index (χ4v) is 2.56. The molecule has 1 amide bonds. The molecule has 0 radical (unpaired) electrons. The quantitative estimate of drug-likeness (QED) is 0.307. The minimum Gasteiger partial charge on any atom is -0.462 e. The number of ether oxygens (including phenoxy) is 1. The molecule has 2 aromatic rings. The van der Waals surface area contributed by atoms with Crippen LogP contribution in [-0.2, 0) is 16.0 Å². The molecular formula is C21H20ClN3O3. The number of nitrogens with one attached hydrogen (secondary N) is 2. The van der Waals surface area contributed by atoms with Crippen LogP contribution in [0.3, 0.4) is 0 Å². The lowest BCUT2D eigenvalue weighted by molar-refractivity contribution is -0.112. The summed E-state index contributed by atoms with van der Waals surface area (Å²) < 4.78 is 4.90. The van der Waals surface area contributed by atoms with Crippen LogP contribution in [0.4, 0.5) is 5.69 Å². The maximum Gasteiger partial charge on any atom is 0.338 e. The fourth-order valence-electron chi connectivity index (χ4n) is 2.33. The van der Waals surface area contributed by atoms with Crippen LogP contribution in [0.2, 0.25) is 5.02 Å². The van der Waals surface area contributed by atoms with Gasteiger partial charge in [-0.25, -0.2) is 4.79 Å². The molecule has 6 nitrogen and oxygen atoms in total. The Balaban J connectivity index is 1.90. The van der Waals surface area contributed by atoms with Crippen molar-refractivity contribution in [1.82, 2.24) is 5.32 Å². The van der Waals surface area contributed by atoms with Gasteiger partial charge in [0.05, 0.1) is 12.2 Å². The van der Waals surface area contributed by atoms with Crippen LogP contribution >= 0.6 is 11.6 Å². The predicted molar refractivity (Wildman–Crippen MR) is 108 cm³/mol. The van der Waals surface area contributed by atoms with Gasteiger partial charge < -0.3 is 15.4 Å². The Kier molecular flexibility index (Phi) is 8.07. The maximum atomic E-state index is 12.2. The Bertz CT molecular complexity index is 902. The van der Waals surface area contributed by atoms with Crippen LogP contribution in [0.25, 0.3) is 0 Å². The van der Waals surface area contributed by atoms with Gasteiger partial charge in [-0.1, -0.05) is 29.8 Å². The fraction of sp³-hybridized carbons (Fsp3) is 0.190. The van der Waals surface area contributed by atoms with Crippen molar-refractivity contribution in [1.29, 1.82) is 5.26 Å². The molecule has 7 heteroatoms. The van der Waals surface area contributed by atoms with Gasteiger partial charge in [-0.3, -0.25) is 4.79 Å². The normalized spacial score (nSPS) is 10.7. The Morgan fingerprint density at radius 2 is 1.89 bits per heavy atom. The lowest BCUT2D eigenvalue weighted by Crippen LogP contribution is -2.18. The Labute approximate surface area is 168 Å². The molecule has 2 rings (SSSR count). The van der Waals surface area contributed by atoms with Crippen LogP contribution in [0.1, 0.15) is 22.8 Å². The smallest absolute Gasteiger partial charge is 0.338 e. The molecule has 0 bridgehead atoms. The van der Waals surface area contributed by atoms with E-state index in [1.807, 2.05) is 30.3 Å². The molecule has 0 unspecified atom stereocenters. The zero-order valence-corrected chi connectivity index (χ0v) is 16.1. The number of rotatable bonds is 8. The third-order valence-corrected chi connectivity index (χ3v) is 4.13. The number of anilines is 1. The number of hydrogen-bond acceptors (Lipinski definition) is 5. The van der Waals surface area contributed by atoms with Gasteiger partial charge in [-0.2, -0.15) is 5.26 Å². The largest absolute Gasteiger partial charge is 0.462 e. The highest BCUT2D eigenvalue weighted by molar-refractivity contribution is 6.31. The summed E-state index contributed by atoms with van der Waals surface area (Å²) in [6.07, 6.45) is 2.03. The van der Waals surface area contributed by atoms with Crippen LogP contribution in [0.5, 0.6) is 0 Å². The first-order chi connectivity index (χ1) is 13.5. The Hall–Kier alpha value is -3.30. The third-order valence-electron chi connectivity index (χ3n) is 3.76. The van der Waals surface area contributed by atoms with E-state index < -0.39 is 11.9 Å². The minimum absolute atomic E-state index is 0.0615. The second-order valence-electron chi connectivity index (χ2n) is 5.72. The summed E-state index contributed by atoms with van der Waals surface area (Å²) in [7, 11) is 0. The van der Waals surface area contributed by atoms with Crippen molar-refractivity contribution in [2.45, 2.75) is 13.3 Å². The van der Waals surface area contributed by atoms with Gasteiger partial charge in [0, 0.05) is 23.5 Å². The van der Waals surface area contributed by atoms with Crippen molar-refractivity contribution in [3.63, 3.8) is 0 Å². The molecule has 2 N–H and O–H groups in total. The number of carbonyl (C=O) groups is 2. The number of esters is 1. The monoisotopic (exact) mass is 397 g/mol. The van der Waals surface area contributed by atoms with E-state index in [1.54, 1.807) is 31.2 Å².